The van der Waals surface area contributed by atoms with Gasteiger partial charge in [-0.3, -0.25) is 14.4 Å². The molecule has 0 aliphatic heterocycles. The maximum atomic E-state index is 13.0. The van der Waals surface area contributed by atoms with Gasteiger partial charge in [-0.25, -0.2) is 0 Å². The molecule has 0 aromatic rings. The molecule has 0 aromatic heterocycles. The van der Waals surface area contributed by atoms with Crippen LogP contribution in [0.25, 0.3) is 0 Å². The summed E-state index contributed by atoms with van der Waals surface area (Å²) >= 11 is 0. The van der Waals surface area contributed by atoms with E-state index in [1.165, 1.54) is 276 Å². The molecule has 0 saturated heterocycles. The molecule has 0 aromatic carbocycles. The molecule has 0 aliphatic rings. The maximum absolute atomic E-state index is 13.0. The number of unbranched alkanes of at least 4 members (excludes halogenated alkanes) is 47. The van der Waals surface area contributed by atoms with E-state index < -0.39 is 6.10 Å². The van der Waals surface area contributed by atoms with Crippen molar-refractivity contribution in [2.24, 2.45) is 0 Å². The van der Waals surface area contributed by atoms with Crippen molar-refractivity contribution in [3.8, 4) is 0 Å². The summed E-state index contributed by atoms with van der Waals surface area (Å²) in [7, 11) is 0. The molecule has 0 heterocycles. The van der Waals surface area contributed by atoms with Crippen LogP contribution in [0.5, 0.6) is 0 Å². The number of ether oxygens (including phenoxy) is 3. The molecular formula is C74H136O6. The Kier molecular flexibility index (Phi) is 66.6. The van der Waals surface area contributed by atoms with E-state index in [9.17, 15) is 14.4 Å². The van der Waals surface area contributed by atoms with Gasteiger partial charge in [0.15, 0.2) is 6.10 Å². The minimum absolute atomic E-state index is 0.0730. The summed E-state index contributed by atoms with van der Waals surface area (Å²) in [5.41, 5.74) is 0. The standard InChI is InChI=1S/C74H136O6/c1-4-7-10-13-16-19-22-25-28-30-32-34-36-37-39-40-42-44-46-49-52-55-58-61-64-67-73(76)79-70-71(69-78-72(75)66-63-60-57-54-51-48-27-24-21-18-15-12-9-6-3)80-74(77)68-65-62-59-56-53-50-47-45-43-41-38-35-33-31-29-26-23-20-17-14-11-8-5-2/h22,24-25,27,30-33,71H,4-21,23,26,28-29,34-70H2,1-3H3/b25-22-,27-24-,32-30-,33-31-. The molecule has 0 saturated carbocycles. The Hall–Kier alpha value is -2.63. The van der Waals surface area contributed by atoms with Gasteiger partial charge < -0.3 is 14.2 Å². The van der Waals surface area contributed by atoms with Gasteiger partial charge in [-0.05, 0) is 103 Å². The van der Waals surface area contributed by atoms with Crippen LogP contribution in [-0.2, 0) is 28.6 Å². The Bertz CT molecular complexity index is 1380. The van der Waals surface area contributed by atoms with Gasteiger partial charge in [-0.1, -0.05) is 313 Å². The summed E-state index contributed by atoms with van der Waals surface area (Å²) in [6.45, 7) is 6.68. The van der Waals surface area contributed by atoms with Gasteiger partial charge in [0.2, 0.25) is 0 Å². The number of hydrogen-bond donors (Lipinski definition) is 0. The van der Waals surface area contributed by atoms with E-state index in [1.54, 1.807) is 0 Å². The lowest BCUT2D eigenvalue weighted by molar-refractivity contribution is -0.167. The first-order valence-electron chi connectivity index (χ1n) is 35.6. The Morgan fingerprint density at radius 3 is 0.700 bits per heavy atom. The molecule has 6 heteroatoms. The summed E-state index contributed by atoms with van der Waals surface area (Å²) < 4.78 is 17.0. The molecule has 0 aliphatic carbocycles. The zero-order valence-corrected chi connectivity index (χ0v) is 53.9. The van der Waals surface area contributed by atoms with E-state index in [-0.39, 0.29) is 31.1 Å². The molecule has 80 heavy (non-hydrogen) atoms. The molecule has 1 unspecified atom stereocenters. The number of carbonyl (C=O) groups excluding carboxylic acids is 3. The third-order valence-electron chi connectivity index (χ3n) is 16.0. The van der Waals surface area contributed by atoms with Crippen LogP contribution in [0.4, 0.5) is 0 Å². The first-order valence-corrected chi connectivity index (χ1v) is 35.6. The number of allylic oxidation sites excluding steroid dienone is 8. The van der Waals surface area contributed by atoms with Crippen LogP contribution in [0.2, 0.25) is 0 Å². The summed E-state index contributed by atoms with van der Waals surface area (Å²) in [6.07, 6.45) is 87.1. The molecule has 0 N–H and O–H groups in total. The third kappa shape index (κ3) is 66.2. The zero-order chi connectivity index (χ0) is 57.8. The van der Waals surface area contributed by atoms with Crippen molar-refractivity contribution in [3.63, 3.8) is 0 Å². The third-order valence-corrected chi connectivity index (χ3v) is 16.0. The van der Waals surface area contributed by atoms with Gasteiger partial charge in [-0.15, -0.1) is 0 Å². The summed E-state index contributed by atoms with van der Waals surface area (Å²) in [4.78, 5) is 38.4. The van der Waals surface area contributed by atoms with Gasteiger partial charge in [0.25, 0.3) is 0 Å². The number of rotatable bonds is 66. The van der Waals surface area contributed by atoms with E-state index in [4.69, 9.17) is 14.2 Å². The zero-order valence-electron chi connectivity index (χ0n) is 53.9. The topological polar surface area (TPSA) is 78.9 Å². The molecular weight excluding hydrogens is 985 g/mol. The second-order valence-corrected chi connectivity index (χ2v) is 24.1. The molecule has 0 radical (unpaired) electrons. The summed E-state index contributed by atoms with van der Waals surface area (Å²) in [5, 5.41) is 0. The first-order chi connectivity index (χ1) is 39.5. The fourth-order valence-corrected chi connectivity index (χ4v) is 10.6. The number of esters is 3. The van der Waals surface area contributed by atoms with Gasteiger partial charge >= 0.3 is 17.9 Å². The molecule has 0 amide bonds. The average Bonchev–Trinajstić information content (AvgIpc) is 3.46. The van der Waals surface area contributed by atoms with Crippen molar-refractivity contribution in [2.75, 3.05) is 13.2 Å². The van der Waals surface area contributed by atoms with Gasteiger partial charge in [0.05, 0.1) is 0 Å². The molecule has 6 nitrogen and oxygen atoms in total. The van der Waals surface area contributed by atoms with E-state index in [0.29, 0.717) is 19.3 Å². The highest BCUT2D eigenvalue weighted by atomic mass is 16.6. The average molecular weight is 1120 g/mol. The molecule has 1 atom stereocenters. The molecule has 0 fully saturated rings. The lowest BCUT2D eigenvalue weighted by Gasteiger charge is -2.18. The van der Waals surface area contributed by atoms with Crippen LogP contribution in [0.3, 0.4) is 0 Å². The van der Waals surface area contributed by atoms with Gasteiger partial charge in [0.1, 0.15) is 13.2 Å². The second-order valence-electron chi connectivity index (χ2n) is 24.1. The predicted octanol–water partition coefficient (Wildman–Crippen LogP) is 24.5. The van der Waals surface area contributed by atoms with Crippen molar-refractivity contribution >= 4 is 17.9 Å². The van der Waals surface area contributed by atoms with Crippen molar-refractivity contribution in [1.82, 2.24) is 0 Å². The Labute approximate surface area is 498 Å². The second kappa shape index (κ2) is 68.9. The van der Waals surface area contributed by atoms with E-state index in [1.807, 2.05) is 0 Å². The highest BCUT2D eigenvalue weighted by Crippen LogP contribution is 2.18. The molecule has 0 spiro atoms. The molecule has 0 rings (SSSR count). The van der Waals surface area contributed by atoms with Gasteiger partial charge in [0, 0.05) is 19.3 Å². The van der Waals surface area contributed by atoms with Crippen molar-refractivity contribution < 1.29 is 28.6 Å². The highest BCUT2D eigenvalue weighted by molar-refractivity contribution is 5.71. The van der Waals surface area contributed by atoms with E-state index in [2.05, 4.69) is 69.4 Å². The minimum Gasteiger partial charge on any atom is -0.462 e. The molecule has 468 valence electrons. The van der Waals surface area contributed by atoms with Crippen molar-refractivity contribution in [1.29, 1.82) is 0 Å². The minimum atomic E-state index is -0.777. The van der Waals surface area contributed by atoms with Crippen LogP contribution < -0.4 is 0 Å². The Morgan fingerprint density at radius 1 is 0.250 bits per heavy atom. The lowest BCUT2D eigenvalue weighted by Crippen LogP contribution is -2.30. The van der Waals surface area contributed by atoms with Crippen LogP contribution in [0.15, 0.2) is 48.6 Å². The highest BCUT2D eigenvalue weighted by Gasteiger charge is 2.19. The quantitative estimate of drug-likeness (QED) is 0.0261. The number of hydrogen-bond acceptors (Lipinski definition) is 6. The smallest absolute Gasteiger partial charge is 0.306 e. The van der Waals surface area contributed by atoms with Gasteiger partial charge in [-0.2, -0.15) is 0 Å². The molecule has 0 bridgehead atoms. The van der Waals surface area contributed by atoms with Crippen molar-refractivity contribution in [3.05, 3.63) is 48.6 Å². The van der Waals surface area contributed by atoms with Crippen LogP contribution >= 0.6 is 0 Å². The SMILES string of the molecule is CCCCCCC/C=C\C/C=C\CCCCCCCCCCCCCCCC(=O)OCC(COC(=O)CCCCCCC/C=C\CCCCCCC)OC(=O)CCCCCCCCCCCCC/C=C\CCCCCCCCCC. The monoisotopic (exact) mass is 1120 g/mol. The fraction of sp³-hybridized carbons (Fsp3) is 0.851. The summed E-state index contributed by atoms with van der Waals surface area (Å²) in [5.74, 6) is -0.858. The normalized spacial score (nSPS) is 12.3. The van der Waals surface area contributed by atoms with E-state index >= 15 is 0 Å². The largest absolute Gasteiger partial charge is 0.462 e. The van der Waals surface area contributed by atoms with Crippen LogP contribution in [0.1, 0.15) is 387 Å². The Balaban J connectivity index is 4.27. The lowest BCUT2D eigenvalue weighted by atomic mass is 10.0. The van der Waals surface area contributed by atoms with Crippen LogP contribution in [0, 0.1) is 0 Å². The van der Waals surface area contributed by atoms with E-state index in [0.717, 1.165) is 70.6 Å². The maximum Gasteiger partial charge on any atom is 0.306 e. The first kappa shape index (κ1) is 77.4. The Morgan fingerprint density at radius 2 is 0.450 bits per heavy atom. The number of carbonyl (C=O) groups is 3. The van der Waals surface area contributed by atoms with Crippen LogP contribution in [-0.4, -0.2) is 37.2 Å². The van der Waals surface area contributed by atoms with Crippen molar-refractivity contribution in [2.45, 2.75) is 393 Å². The summed E-state index contributed by atoms with van der Waals surface area (Å²) in [6, 6.07) is 0. The predicted molar refractivity (Wildman–Crippen MR) is 349 cm³/mol. The fourth-order valence-electron chi connectivity index (χ4n) is 10.6.